The molecule has 6 nitrogen and oxygen atoms in total. The maximum Gasteiger partial charge on any atom is 0.279 e. The Bertz CT molecular complexity index is 1040. The maximum absolute atomic E-state index is 12.2. The van der Waals surface area contributed by atoms with E-state index in [0.717, 1.165) is 20.4 Å². The van der Waals surface area contributed by atoms with Crippen LogP contribution in [-0.2, 0) is 9.59 Å². The lowest BCUT2D eigenvalue weighted by Gasteiger charge is -2.15. The molecular formula is C14H8BrN2O4S2-. The van der Waals surface area contributed by atoms with Gasteiger partial charge in [-0.05, 0) is 37.3 Å². The number of amides is 1. The Morgan fingerprint density at radius 1 is 1.52 bits per heavy atom. The highest BCUT2D eigenvalue weighted by Gasteiger charge is 2.26. The summed E-state index contributed by atoms with van der Waals surface area (Å²) in [4.78, 5) is 27.4. The fourth-order valence-electron chi connectivity index (χ4n) is 2.29. The number of carboxylic acid groups (broad SMARTS) is 1. The van der Waals surface area contributed by atoms with E-state index < -0.39 is 17.9 Å². The molecule has 0 aliphatic carbocycles. The van der Waals surface area contributed by atoms with Crippen molar-refractivity contribution in [3.8, 4) is 5.88 Å². The summed E-state index contributed by atoms with van der Waals surface area (Å²) in [7, 11) is 0. The molecular weight excluding hydrogens is 404 g/mol. The van der Waals surface area contributed by atoms with Crippen LogP contribution in [-0.4, -0.2) is 21.6 Å². The summed E-state index contributed by atoms with van der Waals surface area (Å²) in [6.07, 6.45) is 0. The van der Waals surface area contributed by atoms with Crippen LogP contribution in [0.2, 0.25) is 0 Å². The predicted molar refractivity (Wildman–Crippen MR) is 87.0 cm³/mol. The first kappa shape index (κ1) is 16.0. The van der Waals surface area contributed by atoms with Gasteiger partial charge >= 0.3 is 0 Å². The number of thiazole rings is 1. The molecule has 9 heteroatoms. The molecule has 1 aliphatic heterocycles. The molecule has 1 N–H and O–H groups in total. The third-order valence-corrected chi connectivity index (χ3v) is 5.34. The second kappa shape index (κ2) is 5.66. The van der Waals surface area contributed by atoms with E-state index in [1.807, 2.05) is 0 Å². The topological polar surface area (TPSA) is 94.7 Å². The first-order valence-electron chi connectivity index (χ1n) is 6.39. The number of aromatic nitrogens is 1. The SMILES string of the molecule is CC(C(=O)[O-])n1c(O)c(C2=c3cc(Br)ccc3=NC2=O)sc1=S. The summed E-state index contributed by atoms with van der Waals surface area (Å²) >= 11 is 9.41. The van der Waals surface area contributed by atoms with Gasteiger partial charge in [-0.2, -0.15) is 0 Å². The van der Waals surface area contributed by atoms with Crippen molar-refractivity contribution >= 4 is 56.9 Å². The van der Waals surface area contributed by atoms with Crippen LogP contribution in [0.4, 0.5) is 0 Å². The van der Waals surface area contributed by atoms with Crippen LogP contribution >= 0.6 is 39.5 Å². The van der Waals surface area contributed by atoms with Crippen LogP contribution in [0.25, 0.3) is 5.57 Å². The average Bonchev–Trinajstić information content (AvgIpc) is 2.94. The number of aromatic hydroxyl groups is 1. The number of carboxylic acids is 1. The Morgan fingerprint density at radius 3 is 2.87 bits per heavy atom. The van der Waals surface area contributed by atoms with Crippen molar-refractivity contribution in [3.63, 3.8) is 0 Å². The zero-order valence-corrected chi connectivity index (χ0v) is 14.8. The second-order valence-corrected chi connectivity index (χ2v) is 7.40. The van der Waals surface area contributed by atoms with Crippen molar-refractivity contribution in [2.24, 2.45) is 4.99 Å². The molecule has 0 saturated heterocycles. The fraction of sp³-hybridized carbons (Fsp3) is 0.143. The van der Waals surface area contributed by atoms with E-state index in [9.17, 15) is 19.8 Å². The molecule has 1 amide bonds. The van der Waals surface area contributed by atoms with E-state index in [2.05, 4.69) is 20.9 Å². The molecule has 118 valence electrons. The van der Waals surface area contributed by atoms with Crippen molar-refractivity contribution in [2.45, 2.75) is 13.0 Å². The zero-order chi connectivity index (χ0) is 16.9. The van der Waals surface area contributed by atoms with Gasteiger partial charge in [0, 0.05) is 9.69 Å². The summed E-state index contributed by atoms with van der Waals surface area (Å²) in [5.41, 5.74) is 0.208. The molecule has 3 rings (SSSR count). The van der Waals surface area contributed by atoms with E-state index in [-0.39, 0.29) is 20.3 Å². The Hall–Kier alpha value is -1.84. The van der Waals surface area contributed by atoms with Gasteiger partial charge in [0.1, 0.15) is 4.88 Å². The van der Waals surface area contributed by atoms with E-state index >= 15 is 0 Å². The van der Waals surface area contributed by atoms with Gasteiger partial charge in [-0.15, -0.1) is 11.3 Å². The largest absolute Gasteiger partial charge is 0.548 e. The van der Waals surface area contributed by atoms with Crippen molar-refractivity contribution < 1.29 is 19.8 Å². The summed E-state index contributed by atoms with van der Waals surface area (Å²) in [6, 6.07) is 4.00. The number of benzene rings is 1. The van der Waals surface area contributed by atoms with Gasteiger partial charge in [0.05, 0.1) is 22.9 Å². The number of nitrogens with zero attached hydrogens (tertiary/aromatic N) is 2. The quantitative estimate of drug-likeness (QED) is 0.738. The van der Waals surface area contributed by atoms with Crippen LogP contribution in [0.5, 0.6) is 5.88 Å². The minimum absolute atomic E-state index is 0.137. The lowest BCUT2D eigenvalue weighted by Crippen LogP contribution is -2.31. The predicted octanol–water partition coefficient (Wildman–Crippen LogP) is 0.417. The summed E-state index contributed by atoms with van der Waals surface area (Å²) in [5.74, 6) is -2.25. The summed E-state index contributed by atoms with van der Waals surface area (Å²) in [6.45, 7) is 1.34. The lowest BCUT2D eigenvalue weighted by atomic mass is 10.1. The Labute approximate surface area is 147 Å². The Morgan fingerprint density at radius 2 is 2.22 bits per heavy atom. The first-order chi connectivity index (χ1) is 10.8. The molecule has 0 bridgehead atoms. The van der Waals surface area contributed by atoms with E-state index in [0.29, 0.717) is 10.6 Å². The third kappa shape index (κ3) is 2.54. The molecule has 1 aromatic carbocycles. The number of hydrogen-bond donors (Lipinski definition) is 1. The zero-order valence-electron chi connectivity index (χ0n) is 11.6. The molecule has 23 heavy (non-hydrogen) atoms. The molecule has 0 saturated carbocycles. The van der Waals surface area contributed by atoms with E-state index in [1.165, 1.54) is 6.92 Å². The average molecular weight is 412 g/mol. The summed E-state index contributed by atoms with van der Waals surface area (Å²) in [5, 5.41) is 22.5. The third-order valence-electron chi connectivity index (χ3n) is 3.44. The molecule has 1 unspecified atom stereocenters. The molecule has 2 heterocycles. The first-order valence-corrected chi connectivity index (χ1v) is 8.41. The van der Waals surface area contributed by atoms with Gasteiger partial charge in [0.15, 0.2) is 3.95 Å². The number of fused-ring (bicyclic) bond motifs is 1. The molecule has 0 radical (unpaired) electrons. The molecule has 1 aliphatic rings. The van der Waals surface area contributed by atoms with Gasteiger partial charge in [0.25, 0.3) is 5.91 Å². The molecule has 1 atom stereocenters. The Balaban J connectivity index is 2.33. The van der Waals surface area contributed by atoms with Gasteiger partial charge in [-0.3, -0.25) is 9.36 Å². The smallest absolute Gasteiger partial charge is 0.279 e. The second-order valence-electron chi connectivity index (χ2n) is 4.84. The lowest BCUT2D eigenvalue weighted by molar-refractivity contribution is -0.309. The van der Waals surface area contributed by atoms with Crippen molar-refractivity contribution in [2.75, 3.05) is 0 Å². The molecule has 0 fully saturated rings. The van der Waals surface area contributed by atoms with Gasteiger partial charge < -0.3 is 15.0 Å². The van der Waals surface area contributed by atoms with Gasteiger partial charge in [-0.25, -0.2) is 4.99 Å². The minimum Gasteiger partial charge on any atom is -0.548 e. The highest BCUT2D eigenvalue weighted by Crippen LogP contribution is 2.34. The number of carbonyl (C=O) groups is 2. The van der Waals surface area contributed by atoms with Gasteiger partial charge in [-0.1, -0.05) is 15.9 Å². The van der Waals surface area contributed by atoms with Crippen LogP contribution in [0.15, 0.2) is 27.7 Å². The maximum atomic E-state index is 12.2. The number of hydrogen-bond acceptors (Lipinski definition) is 6. The molecule has 1 aromatic heterocycles. The van der Waals surface area contributed by atoms with Crippen molar-refractivity contribution in [1.82, 2.24) is 4.57 Å². The molecule has 2 aromatic rings. The monoisotopic (exact) mass is 411 g/mol. The highest BCUT2D eigenvalue weighted by atomic mass is 79.9. The fourth-order valence-corrected chi connectivity index (χ4v) is 4.16. The van der Waals surface area contributed by atoms with Crippen LogP contribution in [0, 0.1) is 3.95 Å². The minimum atomic E-state index is -1.38. The molecule has 0 spiro atoms. The highest BCUT2D eigenvalue weighted by molar-refractivity contribution is 9.10. The van der Waals surface area contributed by atoms with E-state index in [4.69, 9.17) is 12.2 Å². The van der Waals surface area contributed by atoms with Crippen LogP contribution in [0.3, 0.4) is 0 Å². The van der Waals surface area contributed by atoms with Gasteiger partial charge in [0.2, 0.25) is 5.88 Å². The normalized spacial score (nSPS) is 14.5. The van der Waals surface area contributed by atoms with Crippen molar-refractivity contribution in [1.29, 1.82) is 0 Å². The summed E-state index contributed by atoms with van der Waals surface area (Å²) < 4.78 is 1.95. The number of aliphatic carboxylic acids is 1. The number of rotatable bonds is 3. The standard InChI is InChI=1S/C14H9BrN2O4S2/c1-5(13(20)21)17-12(19)10(23-14(17)22)9-7-4-6(15)2-3-8(7)16-11(9)18/h2-5,19H,1H3,(H,20,21)/p-1. The van der Waals surface area contributed by atoms with E-state index in [1.54, 1.807) is 18.2 Å². The number of halogens is 1. The van der Waals surface area contributed by atoms with Crippen LogP contribution in [0.1, 0.15) is 17.8 Å². The van der Waals surface area contributed by atoms with Crippen LogP contribution < -0.4 is 15.7 Å². The Kier molecular flexibility index (Phi) is 3.95. The number of carbonyl (C=O) groups excluding carboxylic acids is 2. The van der Waals surface area contributed by atoms with Crippen molar-refractivity contribution in [3.05, 3.63) is 42.1 Å².